The Balaban J connectivity index is 1.76. The highest BCUT2D eigenvalue weighted by molar-refractivity contribution is 5.42. The van der Waals surface area contributed by atoms with E-state index in [4.69, 9.17) is 0 Å². The average Bonchev–Trinajstić information content (AvgIpc) is 2.38. The van der Waals surface area contributed by atoms with Crippen molar-refractivity contribution in [3.05, 3.63) is 65.7 Å². The van der Waals surface area contributed by atoms with Crippen molar-refractivity contribution in [2.24, 2.45) is 0 Å². The SMILES string of the molecule is Cc1ccccc1CCCNc1ccccc1. The summed E-state index contributed by atoms with van der Waals surface area (Å²) >= 11 is 0. The van der Waals surface area contributed by atoms with Gasteiger partial charge in [0.05, 0.1) is 0 Å². The molecule has 0 unspecified atom stereocenters. The molecule has 0 fully saturated rings. The topological polar surface area (TPSA) is 12.0 Å². The Kier molecular flexibility index (Phi) is 4.20. The predicted octanol–water partition coefficient (Wildman–Crippen LogP) is 4.04. The molecule has 2 aromatic carbocycles. The Morgan fingerprint density at radius 2 is 1.59 bits per heavy atom. The van der Waals surface area contributed by atoms with Crippen molar-refractivity contribution in [2.45, 2.75) is 19.8 Å². The fourth-order valence-electron chi connectivity index (χ4n) is 1.96. The van der Waals surface area contributed by atoms with Crippen molar-refractivity contribution < 1.29 is 0 Å². The van der Waals surface area contributed by atoms with Crippen LogP contribution in [0, 0.1) is 6.92 Å². The van der Waals surface area contributed by atoms with Crippen LogP contribution in [0.1, 0.15) is 17.5 Å². The molecule has 2 rings (SSSR count). The standard InChI is InChI=1S/C16H19N/c1-14-8-5-6-9-15(14)10-7-13-17-16-11-3-2-4-12-16/h2-6,8-9,11-12,17H,7,10,13H2,1H3. The van der Waals surface area contributed by atoms with Crippen LogP contribution in [-0.4, -0.2) is 6.54 Å². The van der Waals surface area contributed by atoms with Crippen molar-refractivity contribution in [3.8, 4) is 0 Å². The van der Waals surface area contributed by atoms with Crippen molar-refractivity contribution in [1.29, 1.82) is 0 Å². The lowest BCUT2D eigenvalue weighted by molar-refractivity contribution is 0.857. The van der Waals surface area contributed by atoms with Crippen LogP contribution >= 0.6 is 0 Å². The second kappa shape index (κ2) is 6.09. The molecule has 0 heterocycles. The van der Waals surface area contributed by atoms with Crippen LogP contribution in [-0.2, 0) is 6.42 Å². The largest absolute Gasteiger partial charge is 0.385 e. The Hall–Kier alpha value is -1.76. The van der Waals surface area contributed by atoms with Gasteiger partial charge < -0.3 is 5.32 Å². The molecule has 1 heteroatoms. The van der Waals surface area contributed by atoms with Gasteiger partial charge in [-0.15, -0.1) is 0 Å². The number of rotatable bonds is 5. The quantitative estimate of drug-likeness (QED) is 0.757. The van der Waals surface area contributed by atoms with Crippen molar-refractivity contribution in [1.82, 2.24) is 0 Å². The molecule has 0 amide bonds. The number of para-hydroxylation sites is 1. The first-order chi connectivity index (χ1) is 8.36. The fourth-order valence-corrected chi connectivity index (χ4v) is 1.96. The maximum absolute atomic E-state index is 3.43. The summed E-state index contributed by atoms with van der Waals surface area (Å²) in [5.74, 6) is 0. The molecule has 0 aliphatic rings. The van der Waals surface area contributed by atoms with Gasteiger partial charge in [0, 0.05) is 12.2 Å². The van der Waals surface area contributed by atoms with Gasteiger partial charge in [0.1, 0.15) is 0 Å². The van der Waals surface area contributed by atoms with Crippen LogP contribution in [0.25, 0.3) is 0 Å². The van der Waals surface area contributed by atoms with Gasteiger partial charge >= 0.3 is 0 Å². The third kappa shape index (κ3) is 3.63. The highest BCUT2D eigenvalue weighted by Crippen LogP contribution is 2.10. The van der Waals surface area contributed by atoms with E-state index in [0.717, 1.165) is 13.0 Å². The summed E-state index contributed by atoms with van der Waals surface area (Å²) in [5.41, 5.74) is 4.06. The van der Waals surface area contributed by atoms with Gasteiger partial charge in [-0.3, -0.25) is 0 Å². The first-order valence-corrected chi connectivity index (χ1v) is 6.20. The fraction of sp³-hybridized carbons (Fsp3) is 0.250. The molecule has 0 spiro atoms. The van der Waals surface area contributed by atoms with Crippen molar-refractivity contribution in [3.63, 3.8) is 0 Å². The van der Waals surface area contributed by atoms with Crippen LogP contribution < -0.4 is 5.32 Å². The van der Waals surface area contributed by atoms with E-state index in [9.17, 15) is 0 Å². The van der Waals surface area contributed by atoms with Crippen molar-refractivity contribution in [2.75, 3.05) is 11.9 Å². The molecular formula is C16H19N. The molecule has 0 saturated carbocycles. The van der Waals surface area contributed by atoms with Gasteiger partial charge in [-0.1, -0.05) is 42.5 Å². The van der Waals surface area contributed by atoms with E-state index in [-0.39, 0.29) is 0 Å². The zero-order valence-electron chi connectivity index (χ0n) is 10.3. The van der Waals surface area contributed by atoms with Gasteiger partial charge in [0.2, 0.25) is 0 Å². The van der Waals surface area contributed by atoms with Crippen LogP contribution in [0.3, 0.4) is 0 Å². The Morgan fingerprint density at radius 3 is 2.35 bits per heavy atom. The molecule has 0 saturated heterocycles. The zero-order chi connectivity index (χ0) is 11.9. The minimum absolute atomic E-state index is 1.03. The zero-order valence-corrected chi connectivity index (χ0v) is 10.3. The van der Waals surface area contributed by atoms with Crippen LogP contribution in [0.5, 0.6) is 0 Å². The monoisotopic (exact) mass is 225 g/mol. The summed E-state index contributed by atoms with van der Waals surface area (Å²) in [7, 11) is 0. The summed E-state index contributed by atoms with van der Waals surface area (Å²) in [5, 5.41) is 3.43. The second-order valence-corrected chi connectivity index (χ2v) is 4.32. The number of hydrogen-bond acceptors (Lipinski definition) is 1. The maximum Gasteiger partial charge on any atom is 0.0340 e. The predicted molar refractivity (Wildman–Crippen MR) is 74.4 cm³/mol. The van der Waals surface area contributed by atoms with Crippen molar-refractivity contribution >= 4 is 5.69 Å². The first kappa shape index (κ1) is 11.7. The summed E-state index contributed by atoms with van der Waals surface area (Å²) < 4.78 is 0. The normalized spacial score (nSPS) is 10.2. The average molecular weight is 225 g/mol. The summed E-state index contributed by atoms with van der Waals surface area (Å²) in [6.07, 6.45) is 2.31. The molecule has 88 valence electrons. The van der Waals surface area contributed by atoms with E-state index < -0.39 is 0 Å². The molecule has 0 bridgehead atoms. The second-order valence-electron chi connectivity index (χ2n) is 4.32. The lowest BCUT2D eigenvalue weighted by Crippen LogP contribution is -2.03. The van der Waals surface area contributed by atoms with E-state index >= 15 is 0 Å². The lowest BCUT2D eigenvalue weighted by Gasteiger charge is -2.07. The number of nitrogens with one attached hydrogen (secondary N) is 1. The van der Waals surface area contributed by atoms with E-state index in [1.807, 2.05) is 6.07 Å². The van der Waals surface area contributed by atoms with E-state index in [1.165, 1.54) is 23.2 Å². The van der Waals surface area contributed by atoms with E-state index in [1.54, 1.807) is 0 Å². The minimum Gasteiger partial charge on any atom is -0.385 e. The first-order valence-electron chi connectivity index (χ1n) is 6.20. The van der Waals surface area contributed by atoms with E-state index in [2.05, 4.69) is 60.8 Å². The van der Waals surface area contributed by atoms with Crippen LogP contribution in [0.4, 0.5) is 5.69 Å². The van der Waals surface area contributed by atoms with Gasteiger partial charge in [-0.2, -0.15) is 0 Å². The third-order valence-electron chi connectivity index (χ3n) is 2.99. The Labute approximate surface area is 103 Å². The molecule has 2 aromatic rings. The molecule has 0 aliphatic heterocycles. The molecule has 17 heavy (non-hydrogen) atoms. The smallest absolute Gasteiger partial charge is 0.0340 e. The molecule has 0 aliphatic carbocycles. The molecule has 0 radical (unpaired) electrons. The Bertz CT molecular complexity index is 448. The highest BCUT2D eigenvalue weighted by Gasteiger charge is 1.96. The molecular weight excluding hydrogens is 206 g/mol. The summed E-state index contributed by atoms with van der Waals surface area (Å²) in [4.78, 5) is 0. The lowest BCUT2D eigenvalue weighted by atomic mass is 10.0. The summed E-state index contributed by atoms with van der Waals surface area (Å²) in [6.45, 7) is 3.21. The van der Waals surface area contributed by atoms with Crippen LogP contribution in [0.2, 0.25) is 0 Å². The molecule has 0 aromatic heterocycles. The van der Waals surface area contributed by atoms with Crippen LogP contribution in [0.15, 0.2) is 54.6 Å². The number of aryl methyl sites for hydroxylation is 2. The van der Waals surface area contributed by atoms with Gasteiger partial charge in [-0.25, -0.2) is 0 Å². The number of hydrogen-bond donors (Lipinski definition) is 1. The maximum atomic E-state index is 3.43. The highest BCUT2D eigenvalue weighted by atomic mass is 14.9. The van der Waals surface area contributed by atoms with Gasteiger partial charge in [-0.05, 0) is 43.0 Å². The minimum atomic E-state index is 1.03. The van der Waals surface area contributed by atoms with Gasteiger partial charge in [0.25, 0.3) is 0 Å². The van der Waals surface area contributed by atoms with Gasteiger partial charge in [0.15, 0.2) is 0 Å². The molecule has 1 nitrogen and oxygen atoms in total. The number of anilines is 1. The Morgan fingerprint density at radius 1 is 0.882 bits per heavy atom. The third-order valence-corrected chi connectivity index (χ3v) is 2.99. The van der Waals surface area contributed by atoms with E-state index in [0.29, 0.717) is 0 Å². The summed E-state index contributed by atoms with van der Waals surface area (Å²) in [6, 6.07) is 19.0. The number of benzene rings is 2. The molecule has 0 atom stereocenters. The molecule has 1 N–H and O–H groups in total.